The monoisotopic (exact) mass is 406 g/mol. The van der Waals surface area contributed by atoms with Gasteiger partial charge in [0.05, 0.1) is 6.54 Å². The molecule has 0 radical (unpaired) electrons. The molecule has 1 heterocycles. The van der Waals surface area contributed by atoms with Crippen molar-refractivity contribution in [1.82, 2.24) is 25.4 Å². The van der Waals surface area contributed by atoms with Crippen molar-refractivity contribution in [3.63, 3.8) is 0 Å². The summed E-state index contributed by atoms with van der Waals surface area (Å²) in [6.07, 6.45) is 6.97. The van der Waals surface area contributed by atoms with Crippen LogP contribution in [0.15, 0.2) is 11.3 Å². The average molecular weight is 406 g/mol. The lowest BCUT2D eigenvalue weighted by Gasteiger charge is -2.27. The van der Waals surface area contributed by atoms with E-state index in [1.807, 2.05) is 7.05 Å². The van der Waals surface area contributed by atoms with Crippen LogP contribution < -0.4 is 10.6 Å². The molecule has 1 fully saturated rings. The number of nitrogens with one attached hydrogen (secondary N) is 2. The van der Waals surface area contributed by atoms with Crippen molar-refractivity contribution in [2.45, 2.75) is 39.2 Å². The second-order valence-corrected chi connectivity index (χ2v) is 5.74. The van der Waals surface area contributed by atoms with Crippen molar-refractivity contribution < 1.29 is 0 Å². The van der Waals surface area contributed by atoms with Crippen molar-refractivity contribution in [1.29, 1.82) is 0 Å². The van der Waals surface area contributed by atoms with Crippen molar-refractivity contribution >= 4 is 29.9 Å². The predicted octanol–water partition coefficient (Wildman–Crippen LogP) is 1.92. The Labute approximate surface area is 144 Å². The second-order valence-electron chi connectivity index (χ2n) is 5.74. The van der Waals surface area contributed by atoms with Gasteiger partial charge in [-0.3, -0.25) is 9.67 Å². The number of rotatable bonds is 4. The molecule has 21 heavy (non-hydrogen) atoms. The molecule has 1 aliphatic carbocycles. The minimum absolute atomic E-state index is 0. The van der Waals surface area contributed by atoms with Gasteiger partial charge in [0.15, 0.2) is 5.96 Å². The van der Waals surface area contributed by atoms with Gasteiger partial charge in [-0.05, 0) is 24.7 Å². The van der Waals surface area contributed by atoms with Crippen LogP contribution in [0.3, 0.4) is 0 Å². The zero-order valence-corrected chi connectivity index (χ0v) is 15.5. The van der Waals surface area contributed by atoms with Gasteiger partial charge in [0.25, 0.3) is 0 Å². The molecule has 1 aromatic rings. The SMILES string of the molecule is CN=C(NCc1ncnn1C)NCC1CCCC(C)C1.I. The van der Waals surface area contributed by atoms with Crippen LogP contribution in [0.4, 0.5) is 0 Å². The van der Waals surface area contributed by atoms with Gasteiger partial charge in [0.2, 0.25) is 0 Å². The molecule has 0 aromatic carbocycles. The lowest BCUT2D eigenvalue weighted by atomic mass is 9.82. The van der Waals surface area contributed by atoms with Crippen LogP contribution in [0.5, 0.6) is 0 Å². The van der Waals surface area contributed by atoms with E-state index in [9.17, 15) is 0 Å². The van der Waals surface area contributed by atoms with E-state index in [2.05, 4.69) is 32.6 Å². The van der Waals surface area contributed by atoms with Crippen LogP contribution in [0.2, 0.25) is 0 Å². The molecule has 2 atom stereocenters. The third-order valence-electron chi connectivity index (χ3n) is 4.05. The van der Waals surface area contributed by atoms with Crippen molar-refractivity contribution in [2.24, 2.45) is 23.9 Å². The zero-order chi connectivity index (χ0) is 14.4. The van der Waals surface area contributed by atoms with Gasteiger partial charge < -0.3 is 10.6 Å². The minimum atomic E-state index is 0. The van der Waals surface area contributed by atoms with Crippen molar-refractivity contribution in [3.8, 4) is 0 Å². The number of aliphatic imine (C=N–C) groups is 1. The number of hydrogen-bond donors (Lipinski definition) is 2. The highest BCUT2D eigenvalue weighted by atomic mass is 127. The molecular formula is C14H27IN6. The molecule has 0 saturated heterocycles. The summed E-state index contributed by atoms with van der Waals surface area (Å²) in [6.45, 7) is 3.99. The standard InChI is InChI=1S/C14H26N6.HI/c1-11-5-4-6-12(7-11)8-16-14(15-2)17-9-13-18-10-19-20(13)3;/h10-12H,4-9H2,1-3H3,(H2,15,16,17);1H. The van der Waals surface area contributed by atoms with E-state index in [1.165, 1.54) is 25.7 Å². The van der Waals surface area contributed by atoms with Gasteiger partial charge in [0.1, 0.15) is 12.2 Å². The summed E-state index contributed by atoms with van der Waals surface area (Å²) in [5, 5.41) is 10.8. The molecule has 2 unspecified atom stereocenters. The third-order valence-corrected chi connectivity index (χ3v) is 4.05. The number of hydrogen-bond acceptors (Lipinski definition) is 3. The van der Waals surface area contributed by atoms with E-state index in [1.54, 1.807) is 18.1 Å². The predicted molar refractivity (Wildman–Crippen MR) is 95.7 cm³/mol. The molecule has 1 saturated carbocycles. The molecule has 2 N–H and O–H groups in total. The first-order chi connectivity index (χ1) is 9.69. The van der Waals surface area contributed by atoms with E-state index in [-0.39, 0.29) is 24.0 Å². The smallest absolute Gasteiger partial charge is 0.191 e. The highest BCUT2D eigenvalue weighted by Gasteiger charge is 2.18. The molecule has 120 valence electrons. The Bertz CT molecular complexity index is 444. The Morgan fingerprint density at radius 2 is 2.24 bits per heavy atom. The molecule has 0 amide bonds. The van der Waals surface area contributed by atoms with Gasteiger partial charge in [-0.2, -0.15) is 5.10 Å². The summed E-state index contributed by atoms with van der Waals surface area (Å²) in [7, 11) is 3.69. The van der Waals surface area contributed by atoms with Gasteiger partial charge in [-0.1, -0.05) is 19.8 Å². The minimum Gasteiger partial charge on any atom is -0.356 e. The first-order valence-corrected chi connectivity index (χ1v) is 7.46. The lowest BCUT2D eigenvalue weighted by molar-refractivity contribution is 0.282. The van der Waals surface area contributed by atoms with E-state index in [4.69, 9.17) is 0 Å². The maximum absolute atomic E-state index is 4.26. The summed E-state index contributed by atoms with van der Waals surface area (Å²) in [5.74, 6) is 3.38. The van der Waals surface area contributed by atoms with Crippen LogP contribution in [-0.2, 0) is 13.6 Å². The van der Waals surface area contributed by atoms with Gasteiger partial charge >= 0.3 is 0 Å². The molecule has 0 aliphatic heterocycles. The molecule has 6 nitrogen and oxygen atoms in total. The van der Waals surface area contributed by atoms with Gasteiger partial charge in [-0.15, -0.1) is 24.0 Å². The van der Waals surface area contributed by atoms with Crippen molar-refractivity contribution in [2.75, 3.05) is 13.6 Å². The maximum Gasteiger partial charge on any atom is 0.191 e. The largest absolute Gasteiger partial charge is 0.356 e. The number of guanidine groups is 1. The van der Waals surface area contributed by atoms with Crippen LogP contribution in [-0.4, -0.2) is 34.3 Å². The maximum atomic E-state index is 4.26. The fourth-order valence-electron chi connectivity index (χ4n) is 2.85. The Morgan fingerprint density at radius 1 is 1.43 bits per heavy atom. The first-order valence-electron chi connectivity index (χ1n) is 7.46. The number of aryl methyl sites for hydroxylation is 1. The Balaban J connectivity index is 0.00000220. The van der Waals surface area contributed by atoms with E-state index >= 15 is 0 Å². The quantitative estimate of drug-likeness (QED) is 0.456. The molecule has 7 heteroatoms. The van der Waals surface area contributed by atoms with Crippen molar-refractivity contribution in [3.05, 3.63) is 12.2 Å². The Hall–Kier alpha value is -0.860. The van der Waals surface area contributed by atoms with Crippen LogP contribution in [0.1, 0.15) is 38.4 Å². The normalized spacial score (nSPS) is 22.5. The summed E-state index contributed by atoms with van der Waals surface area (Å²) >= 11 is 0. The van der Waals surface area contributed by atoms with Gasteiger partial charge in [-0.25, -0.2) is 4.98 Å². The fourth-order valence-corrected chi connectivity index (χ4v) is 2.85. The summed E-state index contributed by atoms with van der Waals surface area (Å²) in [5.41, 5.74) is 0. The van der Waals surface area contributed by atoms with Crippen LogP contribution >= 0.6 is 24.0 Å². The summed E-state index contributed by atoms with van der Waals surface area (Å²) < 4.78 is 1.77. The van der Waals surface area contributed by atoms with E-state index in [0.29, 0.717) is 6.54 Å². The highest BCUT2D eigenvalue weighted by Crippen LogP contribution is 2.27. The molecule has 0 spiro atoms. The van der Waals surface area contributed by atoms with Crippen LogP contribution in [0.25, 0.3) is 0 Å². The fraction of sp³-hybridized carbons (Fsp3) is 0.786. The lowest BCUT2D eigenvalue weighted by Crippen LogP contribution is -2.40. The first kappa shape index (κ1) is 18.2. The highest BCUT2D eigenvalue weighted by molar-refractivity contribution is 14.0. The second kappa shape index (κ2) is 9.22. The van der Waals surface area contributed by atoms with E-state index in [0.717, 1.165) is 30.2 Å². The molecule has 1 aromatic heterocycles. The van der Waals surface area contributed by atoms with E-state index < -0.39 is 0 Å². The third kappa shape index (κ3) is 5.80. The van der Waals surface area contributed by atoms with Crippen LogP contribution in [0, 0.1) is 11.8 Å². The van der Waals surface area contributed by atoms with Gasteiger partial charge in [0, 0.05) is 20.6 Å². The number of nitrogens with zero attached hydrogens (tertiary/aromatic N) is 4. The average Bonchev–Trinajstić information content (AvgIpc) is 2.85. The Morgan fingerprint density at radius 3 is 2.86 bits per heavy atom. The molecule has 1 aliphatic rings. The summed E-state index contributed by atoms with van der Waals surface area (Å²) in [6, 6.07) is 0. The summed E-state index contributed by atoms with van der Waals surface area (Å²) in [4.78, 5) is 8.45. The molecule has 2 rings (SSSR count). The zero-order valence-electron chi connectivity index (χ0n) is 13.2. The topological polar surface area (TPSA) is 67.1 Å². The number of aromatic nitrogens is 3. The Kier molecular flexibility index (Phi) is 7.98. The molecule has 0 bridgehead atoms. The number of halogens is 1. The molecular weight excluding hydrogens is 379 g/mol.